The number of fused-ring (bicyclic) bond motifs is 1. The van der Waals surface area contributed by atoms with Gasteiger partial charge in [0, 0.05) is 6.42 Å². The Bertz CT molecular complexity index is 271. The van der Waals surface area contributed by atoms with Crippen LogP contribution in [0.5, 0.6) is 0 Å². The molecule has 0 aromatic rings. The van der Waals surface area contributed by atoms with Crippen molar-refractivity contribution in [3.05, 3.63) is 11.1 Å². The maximum Gasteiger partial charge on any atom is 0.159 e. The van der Waals surface area contributed by atoms with E-state index in [0.717, 1.165) is 18.4 Å². The fraction of sp³-hybridized carbons (Fsp3) is 0.727. The number of hydrogen-bond donors (Lipinski definition) is 0. The topological polar surface area (TPSA) is 17.1 Å². The fourth-order valence-electron chi connectivity index (χ4n) is 2.71. The van der Waals surface area contributed by atoms with Crippen LogP contribution in [0.25, 0.3) is 0 Å². The van der Waals surface area contributed by atoms with Crippen molar-refractivity contribution in [2.75, 3.05) is 0 Å². The lowest BCUT2D eigenvalue weighted by Crippen LogP contribution is -2.07. The van der Waals surface area contributed by atoms with Crippen LogP contribution in [0.2, 0.25) is 0 Å². The number of rotatable bonds is 0. The maximum atomic E-state index is 11.3. The molecule has 1 nitrogen and oxygen atoms in total. The maximum absolute atomic E-state index is 11.3. The molecule has 0 spiro atoms. The molecular weight excluding hydrogens is 148 g/mol. The second-order valence-electron chi connectivity index (χ2n) is 5.02. The number of hydrogen-bond acceptors (Lipinski definition) is 1. The predicted molar refractivity (Wildman–Crippen MR) is 48.8 cm³/mol. The monoisotopic (exact) mass is 164 g/mol. The fourth-order valence-corrected chi connectivity index (χ4v) is 2.71. The normalized spacial score (nSPS) is 32.9. The zero-order valence-corrected chi connectivity index (χ0v) is 8.11. The van der Waals surface area contributed by atoms with E-state index in [1.807, 2.05) is 6.92 Å². The van der Waals surface area contributed by atoms with E-state index in [1.165, 1.54) is 12.0 Å². The predicted octanol–water partition coefficient (Wildman–Crippen LogP) is 2.71. The van der Waals surface area contributed by atoms with Gasteiger partial charge < -0.3 is 0 Å². The van der Waals surface area contributed by atoms with Crippen LogP contribution in [0.1, 0.15) is 40.0 Å². The van der Waals surface area contributed by atoms with Crippen molar-refractivity contribution in [2.45, 2.75) is 40.0 Å². The van der Waals surface area contributed by atoms with Crippen LogP contribution in [-0.4, -0.2) is 5.78 Å². The van der Waals surface area contributed by atoms with Crippen molar-refractivity contribution in [1.82, 2.24) is 0 Å². The van der Waals surface area contributed by atoms with Crippen molar-refractivity contribution >= 4 is 5.78 Å². The first-order valence-electron chi connectivity index (χ1n) is 4.72. The number of carbonyl (C=O) groups excluding carboxylic acids is 1. The van der Waals surface area contributed by atoms with E-state index in [2.05, 4.69) is 13.8 Å². The summed E-state index contributed by atoms with van der Waals surface area (Å²) in [6.07, 6.45) is 3.16. The molecule has 0 aliphatic heterocycles. The second kappa shape index (κ2) is 2.21. The van der Waals surface area contributed by atoms with E-state index in [4.69, 9.17) is 0 Å². The smallest absolute Gasteiger partial charge is 0.159 e. The molecule has 1 saturated carbocycles. The van der Waals surface area contributed by atoms with Crippen molar-refractivity contribution < 1.29 is 4.79 Å². The molecule has 0 N–H and O–H groups in total. The van der Waals surface area contributed by atoms with Crippen LogP contribution >= 0.6 is 0 Å². The first kappa shape index (κ1) is 8.03. The Kier molecular flexibility index (Phi) is 1.48. The zero-order chi connectivity index (χ0) is 8.93. The largest absolute Gasteiger partial charge is 0.295 e. The van der Waals surface area contributed by atoms with Crippen LogP contribution in [0, 0.1) is 11.3 Å². The molecule has 0 amide bonds. The van der Waals surface area contributed by atoms with Crippen LogP contribution in [0.4, 0.5) is 0 Å². The Hall–Kier alpha value is -0.590. The van der Waals surface area contributed by atoms with Gasteiger partial charge in [0.25, 0.3) is 0 Å². The molecular formula is C11H16O. The minimum Gasteiger partial charge on any atom is -0.295 e. The third kappa shape index (κ3) is 1.03. The van der Waals surface area contributed by atoms with E-state index in [1.54, 1.807) is 0 Å². The molecule has 2 aliphatic carbocycles. The summed E-state index contributed by atoms with van der Waals surface area (Å²) in [6.45, 7) is 6.60. The van der Waals surface area contributed by atoms with E-state index in [0.29, 0.717) is 17.1 Å². The van der Waals surface area contributed by atoms with Gasteiger partial charge in [0.05, 0.1) is 0 Å². The lowest BCUT2D eigenvalue weighted by Gasteiger charge is -2.16. The molecule has 0 saturated heterocycles. The van der Waals surface area contributed by atoms with Crippen LogP contribution in [0.15, 0.2) is 11.1 Å². The third-order valence-electron chi connectivity index (χ3n) is 3.29. The molecule has 0 aromatic heterocycles. The Morgan fingerprint density at radius 3 is 2.67 bits per heavy atom. The number of allylic oxidation sites excluding steroid dienone is 2. The summed E-state index contributed by atoms with van der Waals surface area (Å²) in [5.74, 6) is 0.998. The van der Waals surface area contributed by atoms with Gasteiger partial charge in [-0.05, 0) is 36.7 Å². The number of carbonyl (C=O) groups is 1. The third-order valence-corrected chi connectivity index (χ3v) is 3.29. The molecule has 1 atom stereocenters. The number of Topliss-reactive ketones (excluding diaryl/α,β-unsaturated/α-hetero) is 1. The molecule has 1 unspecified atom stereocenters. The first-order chi connectivity index (χ1) is 5.49. The highest BCUT2D eigenvalue weighted by Gasteiger charge is 2.41. The molecule has 12 heavy (non-hydrogen) atoms. The van der Waals surface area contributed by atoms with Crippen molar-refractivity contribution in [2.24, 2.45) is 11.3 Å². The average molecular weight is 164 g/mol. The molecule has 0 radical (unpaired) electrons. The molecule has 2 rings (SSSR count). The van der Waals surface area contributed by atoms with Gasteiger partial charge in [0.15, 0.2) is 5.78 Å². The Morgan fingerprint density at radius 2 is 2.08 bits per heavy atom. The average Bonchev–Trinajstić information content (AvgIpc) is 2.33. The van der Waals surface area contributed by atoms with E-state index in [-0.39, 0.29) is 0 Å². The standard InChI is InChI=1S/C11H16O/c1-7-9-6-11(2,3)5-8(9)4-10(7)12/h8H,4-6H2,1-3H3. The van der Waals surface area contributed by atoms with Gasteiger partial charge in [-0.1, -0.05) is 19.4 Å². The van der Waals surface area contributed by atoms with Gasteiger partial charge in [-0.2, -0.15) is 0 Å². The van der Waals surface area contributed by atoms with Gasteiger partial charge in [0.1, 0.15) is 0 Å². The summed E-state index contributed by atoms with van der Waals surface area (Å²) in [4.78, 5) is 11.3. The summed E-state index contributed by atoms with van der Waals surface area (Å²) < 4.78 is 0. The summed E-state index contributed by atoms with van der Waals surface area (Å²) >= 11 is 0. The molecule has 0 bridgehead atoms. The van der Waals surface area contributed by atoms with Crippen LogP contribution < -0.4 is 0 Å². The molecule has 1 heteroatoms. The summed E-state index contributed by atoms with van der Waals surface area (Å²) in [5.41, 5.74) is 2.98. The molecule has 0 aromatic carbocycles. The molecule has 1 fully saturated rings. The minimum absolute atomic E-state index is 0.394. The molecule has 2 aliphatic rings. The van der Waals surface area contributed by atoms with E-state index < -0.39 is 0 Å². The lowest BCUT2D eigenvalue weighted by atomic mass is 9.89. The Labute approximate surface area is 73.8 Å². The van der Waals surface area contributed by atoms with Gasteiger partial charge >= 0.3 is 0 Å². The van der Waals surface area contributed by atoms with Crippen molar-refractivity contribution in [1.29, 1.82) is 0 Å². The Morgan fingerprint density at radius 1 is 1.42 bits per heavy atom. The van der Waals surface area contributed by atoms with E-state index in [9.17, 15) is 4.79 Å². The van der Waals surface area contributed by atoms with Gasteiger partial charge in [-0.25, -0.2) is 0 Å². The quantitative estimate of drug-likeness (QED) is 0.538. The SMILES string of the molecule is CC1=C2CC(C)(C)CC2CC1=O. The van der Waals surface area contributed by atoms with Gasteiger partial charge in [-0.3, -0.25) is 4.79 Å². The zero-order valence-electron chi connectivity index (χ0n) is 8.11. The van der Waals surface area contributed by atoms with E-state index >= 15 is 0 Å². The van der Waals surface area contributed by atoms with Gasteiger partial charge in [-0.15, -0.1) is 0 Å². The van der Waals surface area contributed by atoms with Crippen molar-refractivity contribution in [3.63, 3.8) is 0 Å². The summed E-state index contributed by atoms with van der Waals surface area (Å²) in [5, 5.41) is 0. The highest BCUT2D eigenvalue weighted by Crippen LogP contribution is 2.50. The lowest BCUT2D eigenvalue weighted by molar-refractivity contribution is -0.115. The number of ketones is 1. The minimum atomic E-state index is 0.394. The highest BCUT2D eigenvalue weighted by atomic mass is 16.1. The highest BCUT2D eigenvalue weighted by molar-refractivity contribution is 5.98. The van der Waals surface area contributed by atoms with Crippen LogP contribution in [0.3, 0.4) is 0 Å². The Balaban J connectivity index is 2.34. The summed E-state index contributed by atoms with van der Waals surface area (Å²) in [6, 6.07) is 0. The molecule has 0 heterocycles. The molecule has 66 valence electrons. The van der Waals surface area contributed by atoms with Crippen LogP contribution in [-0.2, 0) is 4.79 Å². The van der Waals surface area contributed by atoms with Gasteiger partial charge in [0.2, 0.25) is 0 Å². The summed E-state index contributed by atoms with van der Waals surface area (Å²) in [7, 11) is 0. The van der Waals surface area contributed by atoms with Crippen molar-refractivity contribution in [3.8, 4) is 0 Å². The second-order valence-corrected chi connectivity index (χ2v) is 5.02. The first-order valence-corrected chi connectivity index (χ1v) is 4.72.